The van der Waals surface area contributed by atoms with Gasteiger partial charge in [0.25, 0.3) is 0 Å². The molecule has 74 valence electrons. The third-order valence-corrected chi connectivity index (χ3v) is 2.50. The number of halogens is 1. The molecule has 14 heavy (non-hydrogen) atoms. The van der Waals surface area contributed by atoms with E-state index < -0.39 is 0 Å². The Morgan fingerprint density at radius 2 is 2.50 bits per heavy atom. The van der Waals surface area contributed by atoms with Gasteiger partial charge in [0, 0.05) is 6.20 Å². The molecule has 0 saturated heterocycles. The van der Waals surface area contributed by atoms with Crippen molar-refractivity contribution in [2.45, 2.75) is 13.5 Å². The molecule has 0 atom stereocenters. The lowest BCUT2D eigenvalue weighted by atomic mass is 10.3. The fourth-order valence-electron chi connectivity index (χ4n) is 0.805. The summed E-state index contributed by atoms with van der Waals surface area (Å²) in [6, 6.07) is 5.82. The molecule has 4 heteroatoms. The van der Waals surface area contributed by atoms with Gasteiger partial charge in [-0.3, -0.25) is 4.98 Å². The zero-order valence-corrected chi connectivity index (χ0v) is 10.1. The number of aromatic nitrogens is 1. The van der Waals surface area contributed by atoms with Crippen LogP contribution in [0.25, 0.3) is 0 Å². The Labute approximate surface area is 97.5 Å². The van der Waals surface area contributed by atoms with Gasteiger partial charge in [-0.1, -0.05) is 28.7 Å². The van der Waals surface area contributed by atoms with Gasteiger partial charge in [-0.2, -0.15) is 5.10 Å². The van der Waals surface area contributed by atoms with Gasteiger partial charge in [0.05, 0.1) is 18.5 Å². The Hall–Kier alpha value is -0.910. The monoisotopic (exact) mass is 301 g/mol. The van der Waals surface area contributed by atoms with Crippen LogP contribution in [0.2, 0.25) is 0 Å². The molecule has 0 saturated carbocycles. The van der Waals surface area contributed by atoms with Crippen LogP contribution in [0.3, 0.4) is 0 Å². The molecule has 0 aliphatic carbocycles. The second-order valence-corrected chi connectivity index (χ2v) is 3.39. The molecule has 0 radical (unpaired) electrons. The smallest absolute Gasteiger partial charge is 0.0752 e. The highest BCUT2D eigenvalue weighted by molar-refractivity contribution is 14.1. The van der Waals surface area contributed by atoms with E-state index >= 15 is 0 Å². The zero-order valence-electron chi connectivity index (χ0n) is 7.94. The largest absolute Gasteiger partial charge is 0.304 e. The van der Waals surface area contributed by atoms with E-state index in [4.69, 9.17) is 0 Å². The SMILES string of the molecule is CC(/C=N\NCc1ccccn1)=C/I. The van der Waals surface area contributed by atoms with Crippen LogP contribution in [0.1, 0.15) is 12.6 Å². The average molecular weight is 301 g/mol. The predicted octanol–water partition coefficient (Wildman–Crippen LogP) is 2.50. The molecule has 0 spiro atoms. The number of allylic oxidation sites excluding steroid dienone is 1. The van der Waals surface area contributed by atoms with Gasteiger partial charge >= 0.3 is 0 Å². The summed E-state index contributed by atoms with van der Waals surface area (Å²) in [5.74, 6) is 0. The van der Waals surface area contributed by atoms with Crippen LogP contribution < -0.4 is 5.43 Å². The molecule has 0 bridgehead atoms. The van der Waals surface area contributed by atoms with Crippen LogP contribution >= 0.6 is 22.6 Å². The summed E-state index contributed by atoms with van der Waals surface area (Å²) >= 11 is 2.18. The van der Waals surface area contributed by atoms with Crippen LogP contribution in [0.5, 0.6) is 0 Å². The number of hydrogen-bond acceptors (Lipinski definition) is 3. The Bertz CT molecular complexity index is 319. The third-order valence-electron chi connectivity index (χ3n) is 1.52. The molecule has 1 aromatic rings. The highest BCUT2D eigenvalue weighted by Crippen LogP contribution is 1.94. The second-order valence-electron chi connectivity index (χ2n) is 2.77. The fraction of sp³-hybridized carbons (Fsp3) is 0.200. The van der Waals surface area contributed by atoms with E-state index in [0.29, 0.717) is 6.54 Å². The van der Waals surface area contributed by atoms with E-state index in [2.05, 4.69) is 38.1 Å². The molecule has 0 aromatic carbocycles. The van der Waals surface area contributed by atoms with Crippen molar-refractivity contribution in [3.05, 3.63) is 39.7 Å². The fourth-order valence-corrected chi connectivity index (χ4v) is 0.966. The number of pyridine rings is 1. The summed E-state index contributed by atoms with van der Waals surface area (Å²) in [6.45, 7) is 2.66. The van der Waals surface area contributed by atoms with E-state index in [1.807, 2.05) is 29.2 Å². The highest BCUT2D eigenvalue weighted by atomic mass is 127. The molecule has 1 N–H and O–H groups in total. The Kier molecular flexibility index (Phi) is 5.21. The van der Waals surface area contributed by atoms with Crippen molar-refractivity contribution in [1.82, 2.24) is 10.4 Å². The van der Waals surface area contributed by atoms with Gasteiger partial charge in [0.15, 0.2) is 0 Å². The van der Waals surface area contributed by atoms with Crippen molar-refractivity contribution >= 4 is 28.8 Å². The summed E-state index contributed by atoms with van der Waals surface area (Å²) in [5, 5.41) is 4.05. The molecular weight excluding hydrogens is 289 g/mol. The molecule has 0 aliphatic rings. The molecule has 0 unspecified atom stereocenters. The minimum absolute atomic E-state index is 0.659. The summed E-state index contributed by atoms with van der Waals surface area (Å²) < 4.78 is 1.98. The van der Waals surface area contributed by atoms with Crippen molar-refractivity contribution in [3.8, 4) is 0 Å². The number of nitrogens with zero attached hydrogens (tertiary/aromatic N) is 2. The Morgan fingerprint density at radius 3 is 3.14 bits per heavy atom. The summed E-state index contributed by atoms with van der Waals surface area (Å²) in [6.07, 6.45) is 3.56. The number of nitrogens with one attached hydrogen (secondary N) is 1. The van der Waals surface area contributed by atoms with E-state index in [1.165, 1.54) is 0 Å². The molecular formula is C10H12IN3. The lowest BCUT2D eigenvalue weighted by molar-refractivity contribution is 0.729. The Balaban J connectivity index is 2.32. The van der Waals surface area contributed by atoms with Crippen molar-refractivity contribution in [2.75, 3.05) is 0 Å². The van der Waals surface area contributed by atoms with Gasteiger partial charge in [-0.25, -0.2) is 0 Å². The van der Waals surface area contributed by atoms with Gasteiger partial charge in [-0.05, 0) is 28.7 Å². The highest BCUT2D eigenvalue weighted by Gasteiger charge is 1.88. The topological polar surface area (TPSA) is 37.3 Å². The van der Waals surface area contributed by atoms with E-state index in [9.17, 15) is 0 Å². The average Bonchev–Trinajstić information content (AvgIpc) is 2.25. The molecule has 3 nitrogen and oxygen atoms in total. The summed E-state index contributed by atoms with van der Waals surface area (Å²) in [7, 11) is 0. The van der Waals surface area contributed by atoms with Crippen molar-refractivity contribution in [1.29, 1.82) is 0 Å². The number of hydrazone groups is 1. The molecule has 1 heterocycles. The van der Waals surface area contributed by atoms with Gasteiger partial charge < -0.3 is 5.43 Å². The summed E-state index contributed by atoms with van der Waals surface area (Å²) in [5.41, 5.74) is 5.04. The Morgan fingerprint density at radius 1 is 1.64 bits per heavy atom. The molecule has 0 fully saturated rings. The first-order valence-corrected chi connectivity index (χ1v) is 5.50. The van der Waals surface area contributed by atoms with Gasteiger partial charge in [-0.15, -0.1) is 0 Å². The third kappa shape index (κ3) is 4.36. The van der Waals surface area contributed by atoms with Crippen LogP contribution in [0, 0.1) is 0 Å². The van der Waals surface area contributed by atoms with Crippen molar-refractivity contribution < 1.29 is 0 Å². The molecule has 0 aliphatic heterocycles. The van der Waals surface area contributed by atoms with Gasteiger partial charge in [0.1, 0.15) is 0 Å². The minimum atomic E-state index is 0.659. The maximum Gasteiger partial charge on any atom is 0.0752 e. The van der Waals surface area contributed by atoms with Crippen LogP contribution in [0.15, 0.2) is 39.2 Å². The van der Waals surface area contributed by atoms with E-state index in [-0.39, 0.29) is 0 Å². The van der Waals surface area contributed by atoms with Gasteiger partial charge in [0.2, 0.25) is 0 Å². The van der Waals surface area contributed by atoms with Crippen molar-refractivity contribution in [2.24, 2.45) is 5.10 Å². The second kappa shape index (κ2) is 6.53. The first-order chi connectivity index (χ1) is 6.83. The number of rotatable bonds is 4. The van der Waals surface area contributed by atoms with Crippen LogP contribution in [-0.4, -0.2) is 11.2 Å². The lowest BCUT2D eigenvalue weighted by Gasteiger charge is -1.98. The maximum atomic E-state index is 4.16. The van der Waals surface area contributed by atoms with Crippen molar-refractivity contribution in [3.63, 3.8) is 0 Å². The maximum absolute atomic E-state index is 4.16. The molecule has 1 aromatic heterocycles. The molecule has 0 amide bonds. The first-order valence-electron chi connectivity index (χ1n) is 4.25. The van der Waals surface area contributed by atoms with E-state index in [1.54, 1.807) is 12.4 Å². The van der Waals surface area contributed by atoms with Crippen LogP contribution in [-0.2, 0) is 6.54 Å². The standard InChI is InChI=1S/C10H12IN3/c1-9(6-11)7-13-14-8-10-4-2-3-5-12-10/h2-7,14H,8H2,1H3/b9-6-,13-7-. The van der Waals surface area contributed by atoms with Crippen LogP contribution in [0.4, 0.5) is 0 Å². The predicted molar refractivity (Wildman–Crippen MR) is 67.3 cm³/mol. The quantitative estimate of drug-likeness (QED) is 0.527. The minimum Gasteiger partial charge on any atom is -0.304 e. The van der Waals surface area contributed by atoms with E-state index in [0.717, 1.165) is 11.3 Å². The molecule has 1 rings (SSSR count). The summed E-state index contributed by atoms with van der Waals surface area (Å²) in [4.78, 5) is 4.16. The zero-order chi connectivity index (χ0) is 10.2. The lowest BCUT2D eigenvalue weighted by Crippen LogP contribution is -2.06. The number of hydrogen-bond donors (Lipinski definition) is 1. The normalized spacial score (nSPS) is 12.0. The first kappa shape index (κ1) is 11.2.